The smallest absolute Gasteiger partial charge is 0.232 e. The second kappa shape index (κ2) is 6.20. The van der Waals surface area contributed by atoms with E-state index in [9.17, 15) is 0 Å². The third-order valence-corrected chi connectivity index (χ3v) is 5.09. The third-order valence-electron chi connectivity index (χ3n) is 4.08. The van der Waals surface area contributed by atoms with Gasteiger partial charge in [0.15, 0.2) is 5.82 Å². The summed E-state index contributed by atoms with van der Waals surface area (Å²) >= 11 is 1.74. The quantitative estimate of drug-likeness (QED) is 0.878. The fourth-order valence-corrected chi connectivity index (χ4v) is 3.27. The molecule has 21 heavy (non-hydrogen) atoms. The summed E-state index contributed by atoms with van der Waals surface area (Å²) in [6.07, 6.45) is 2.11. The number of thioether (sulfide) groups is 1. The number of nitrogens with zero attached hydrogens (tertiary/aromatic N) is 2. The minimum Gasteiger partial charge on any atom is -0.339 e. The van der Waals surface area contributed by atoms with Gasteiger partial charge in [-0.3, -0.25) is 0 Å². The molecule has 1 fully saturated rings. The average Bonchev–Trinajstić information content (AvgIpc) is 2.97. The molecule has 2 heterocycles. The first-order valence-electron chi connectivity index (χ1n) is 7.39. The summed E-state index contributed by atoms with van der Waals surface area (Å²) in [7, 11) is 0. The van der Waals surface area contributed by atoms with Crippen LogP contribution in [-0.2, 0) is 11.2 Å². The van der Waals surface area contributed by atoms with E-state index in [2.05, 4.69) is 53.6 Å². The lowest BCUT2D eigenvalue weighted by Crippen LogP contribution is -2.37. The van der Waals surface area contributed by atoms with Crippen LogP contribution >= 0.6 is 11.8 Å². The van der Waals surface area contributed by atoms with E-state index < -0.39 is 0 Å². The summed E-state index contributed by atoms with van der Waals surface area (Å²) < 4.78 is 5.51. The molecule has 1 saturated heterocycles. The molecule has 3 rings (SSSR count). The van der Waals surface area contributed by atoms with Crippen molar-refractivity contribution in [3.63, 3.8) is 0 Å². The Morgan fingerprint density at radius 3 is 2.67 bits per heavy atom. The molecule has 0 saturated carbocycles. The Balaban J connectivity index is 1.63. The average molecular weight is 303 g/mol. The highest BCUT2D eigenvalue weighted by Gasteiger charge is 2.34. The van der Waals surface area contributed by atoms with Crippen LogP contribution in [0.15, 0.2) is 33.7 Å². The summed E-state index contributed by atoms with van der Waals surface area (Å²) in [6.45, 7) is 6.36. The summed E-state index contributed by atoms with van der Waals surface area (Å²) in [5, 5.41) is 7.52. The summed E-state index contributed by atoms with van der Waals surface area (Å²) in [5.74, 6) is 2.33. The van der Waals surface area contributed by atoms with E-state index in [1.807, 2.05) is 0 Å². The first-order valence-corrected chi connectivity index (χ1v) is 8.38. The van der Waals surface area contributed by atoms with E-state index in [0.717, 1.165) is 43.4 Å². The maximum absolute atomic E-state index is 5.51. The van der Waals surface area contributed by atoms with E-state index in [1.165, 1.54) is 10.5 Å². The van der Waals surface area contributed by atoms with Gasteiger partial charge in [0.2, 0.25) is 5.89 Å². The van der Waals surface area contributed by atoms with Gasteiger partial charge in [0.1, 0.15) is 0 Å². The van der Waals surface area contributed by atoms with Gasteiger partial charge in [-0.2, -0.15) is 4.98 Å². The predicted octanol–water partition coefficient (Wildman–Crippen LogP) is 3.31. The third kappa shape index (κ3) is 3.47. The number of piperidine rings is 1. The second-order valence-electron chi connectivity index (χ2n) is 5.93. The molecule has 0 atom stereocenters. The Kier molecular flexibility index (Phi) is 4.31. The zero-order valence-electron chi connectivity index (χ0n) is 12.6. The molecule has 1 aliphatic rings. The number of aromatic nitrogens is 2. The number of hydrogen-bond acceptors (Lipinski definition) is 5. The molecule has 2 aromatic rings. The Morgan fingerprint density at radius 1 is 1.24 bits per heavy atom. The van der Waals surface area contributed by atoms with Crippen molar-refractivity contribution in [3.8, 4) is 0 Å². The van der Waals surface area contributed by atoms with E-state index in [-0.39, 0.29) is 5.41 Å². The monoisotopic (exact) mass is 303 g/mol. The molecular formula is C16H21N3OS. The molecule has 1 aromatic heterocycles. The van der Waals surface area contributed by atoms with Crippen LogP contribution in [0.1, 0.15) is 37.0 Å². The normalized spacial score (nSPS) is 17.8. The van der Waals surface area contributed by atoms with Crippen LogP contribution in [0.5, 0.6) is 0 Å². The van der Waals surface area contributed by atoms with Gasteiger partial charge >= 0.3 is 0 Å². The lowest BCUT2D eigenvalue weighted by Gasteiger charge is -2.30. The van der Waals surface area contributed by atoms with Crippen LogP contribution in [-0.4, -0.2) is 23.2 Å². The lowest BCUT2D eigenvalue weighted by atomic mass is 9.81. The topological polar surface area (TPSA) is 51.0 Å². The fraction of sp³-hybridized carbons (Fsp3) is 0.500. The summed E-state index contributed by atoms with van der Waals surface area (Å²) in [6, 6.07) is 8.52. The molecule has 0 unspecified atom stereocenters. The minimum absolute atomic E-state index is 0.0328. The van der Waals surface area contributed by atoms with Crippen LogP contribution in [0.25, 0.3) is 0 Å². The highest BCUT2D eigenvalue weighted by molar-refractivity contribution is 7.98. The molecule has 0 bridgehead atoms. The largest absolute Gasteiger partial charge is 0.339 e. The van der Waals surface area contributed by atoms with Crippen LogP contribution in [0.3, 0.4) is 0 Å². The highest BCUT2D eigenvalue weighted by Crippen LogP contribution is 2.32. The maximum Gasteiger partial charge on any atom is 0.232 e. The molecule has 0 spiro atoms. The van der Waals surface area contributed by atoms with Gasteiger partial charge in [0.05, 0.1) is 5.75 Å². The van der Waals surface area contributed by atoms with Gasteiger partial charge in [-0.25, -0.2) is 0 Å². The van der Waals surface area contributed by atoms with Gasteiger partial charge in [-0.1, -0.05) is 29.8 Å². The molecule has 0 amide bonds. The molecule has 112 valence electrons. The molecule has 0 radical (unpaired) electrons. The molecule has 5 heteroatoms. The highest BCUT2D eigenvalue weighted by atomic mass is 32.2. The van der Waals surface area contributed by atoms with Gasteiger partial charge in [0, 0.05) is 10.3 Å². The second-order valence-corrected chi connectivity index (χ2v) is 6.98. The van der Waals surface area contributed by atoms with Crippen molar-refractivity contribution in [2.24, 2.45) is 0 Å². The molecule has 1 aliphatic heterocycles. The van der Waals surface area contributed by atoms with E-state index >= 15 is 0 Å². The van der Waals surface area contributed by atoms with Crippen LogP contribution in [0.2, 0.25) is 0 Å². The van der Waals surface area contributed by atoms with Gasteiger partial charge in [-0.05, 0) is 45.0 Å². The standard InChI is InChI=1S/C16H21N3OS/c1-12-3-5-13(6-4-12)21-11-14-18-15(20-19-14)16(2)7-9-17-10-8-16/h3-6,17H,7-11H2,1-2H3. The van der Waals surface area contributed by atoms with Crippen molar-refractivity contribution < 1.29 is 4.52 Å². The predicted molar refractivity (Wildman–Crippen MR) is 84.5 cm³/mol. The summed E-state index contributed by atoms with van der Waals surface area (Å²) in [4.78, 5) is 5.85. The van der Waals surface area contributed by atoms with Crippen molar-refractivity contribution in [2.45, 2.75) is 42.8 Å². The Bertz CT molecular complexity index is 588. The fourth-order valence-electron chi connectivity index (χ4n) is 2.53. The molecular weight excluding hydrogens is 282 g/mol. The number of hydrogen-bond donors (Lipinski definition) is 1. The van der Waals surface area contributed by atoms with E-state index in [0.29, 0.717) is 0 Å². The van der Waals surface area contributed by atoms with E-state index in [1.54, 1.807) is 11.8 Å². The first kappa shape index (κ1) is 14.6. The zero-order chi connectivity index (χ0) is 14.7. The first-order chi connectivity index (χ1) is 10.2. The van der Waals surface area contributed by atoms with Crippen LogP contribution < -0.4 is 5.32 Å². The van der Waals surface area contributed by atoms with Crippen molar-refractivity contribution in [2.75, 3.05) is 13.1 Å². The maximum atomic E-state index is 5.51. The summed E-state index contributed by atoms with van der Waals surface area (Å²) in [5.41, 5.74) is 1.31. The van der Waals surface area contributed by atoms with Crippen LogP contribution in [0.4, 0.5) is 0 Å². The number of benzene rings is 1. The van der Waals surface area contributed by atoms with Crippen molar-refractivity contribution >= 4 is 11.8 Å². The molecule has 0 aliphatic carbocycles. The lowest BCUT2D eigenvalue weighted by molar-refractivity contribution is 0.240. The molecule has 4 nitrogen and oxygen atoms in total. The van der Waals surface area contributed by atoms with Gasteiger partial charge in [-0.15, -0.1) is 11.8 Å². The zero-order valence-corrected chi connectivity index (χ0v) is 13.4. The number of rotatable bonds is 4. The minimum atomic E-state index is 0.0328. The van der Waals surface area contributed by atoms with Crippen LogP contribution in [0, 0.1) is 6.92 Å². The Hall–Kier alpha value is -1.33. The van der Waals surface area contributed by atoms with Crippen molar-refractivity contribution in [3.05, 3.63) is 41.5 Å². The Labute approximate surface area is 129 Å². The van der Waals surface area contributed by atoms with Crippen molar-refractivity contribution in [1.82, 2.24) is 15.5 Å². The van der Waals surface area contributed by atoms with Gasteiger partial charge in [0.25, 0.3) is 0 Å². The SMILES string of the molecule is Cc1ccc(SCc2noc(C3(C)CCNCC3)n2)cc1. The number of nitrogens with one attached hydrogen (secondary N) is 1. The van der Waals surface area contributed by atoms with E-state index in [4.69, 9.17) is 4.52 Å². The Morgan fingerprint density at radius 2 is 1.95 bits per heavy atom. The molecule has 1 aromatic carbocycles. The molecule has 1 N–H and O–H groups in total. The van der Waals surface area contributed by atoms with Crippen molar-refractivity contribution in [1.29, 1.82) is 0 Å². The number of aryl methyl sites for hydroxylation is 1. The van der Waals surface area contributed by atoms with Gasteiger partial charge < -0.3 is 9.84 Å².